The number of halogens is 1. The second-order valence-electron chi connectivity index (χ2n) is 5.30. The molecule has 1 saturated heterocycles. The van der Waals surface area contributed by atoms with Gasteiger partial charge in [0.2, 0.25) is 10.0 Å². The van der Waals surface area contributed by atoms with E-state index in [1.165, 1.54) is 6.07 Å². The molecule has 1 heterocycles. The van der Waals surface area contributed by atoms with Gasteiger partial charge in [-0.1, -0.05) is 0 Å². The molecule has 1 aliphatic rings. The van der Waals surface area contributed by atoms with E-state index in [1.54, 1.807) is 13.8 Å². The Kier molecular flexibility index (Phi) is 5.23. The van der Waals surface area contributed by atoms with Crippen LogP contribution < -0.4 is 4.74 Å². The number of nitrogens with zero attached hydrogens (tertiary/aromatic N) is 1. The number of carboxylic acid groups (broad SMARTS) is 1. The van der Waals surface area contributed by atoms with E-state index in [2.05, 4.69) is 0 Å². The Morgan fingerprint density at radius 2 is 2.17 bits per heavy atom. The molecule has 0 amide bonds. The molecule has 1 fully saturated rings. The van der Waals surface area contributed by atoms with Crippen LogP contribution in [-0.4, -0.2) is 55.7 Å². The molecule has 1 unspecified atom stereocenters. The van der Waals surface area contributed by atoms with Crippen LogP contribution in [-0.2, 0) is 19.6 Å². The Hall–Kier alpha value is -1.71. The van der Waals surface area contributed by atoms with Crippen molar-refractivity contribution in [2.75, 3.05) is 19.8 Å². The molecule has 128 valence electrons. The fourth-order valence-electron chi connectivity index (χ4n) is 2.23. The highest BCUT2D eigenvalue weighted by Gasteiger charge is 2.40. The monoisotopic (exact) mass is 347 g/mol. The van der Waals surface area contributed by atoms with Gasteiger partial charge in [0, 0.05) is 6.54 Å². The van der Waals surface area contributed by atoms with E-state index >= 15 is 0 Å². The molecule has 1 atom stereocenters. The first-order valence-corrected chi connectivity index (χ1v) is 8.46. The van der Waals surface area contributed by atoms with Gasteiger partial charge in [-0.15, -0.1) is 0 Å². The minimum Gasteiger partial charge on any atom is -0.490 e. The summed E-state index contributed by atoms with van der Waals surface area (Å²) in [5, 5.41) is 9.20. The molecule has 1 aromatic rings. The SMILES string of the molecule is CC(C)Oc1ccc(F)cc1S(=O)(=O)N1CCOCC1C(=O)O. The molecular formula is C14H18FNO6S. The fourth-order valence-corrected chi connectivity index (χ4v) is 3.92. The predicted molar refractivity (Wildman–Crippen MR) is 78.3 cm³/mol. The second kappa shape index (κ2) is 6.81. The van der Waals surface area contributed by atoms with Crippen molar-refractivity contribution in [3.63, 3.8) is 0 Å². The van der Waals surface area contributed by atoms with Crippen molar-refractivity contribution in [1.82, 2.24) is 4.31 Å². The van der Waals surface area contributed by atoms with E-state index in [0.29, 0.717) is 0 Å². The minimum absolute atomic E-state index is 0.0166. The zero-order valence-electron chi connectivity index (χ0n) is 12.7. The Bertz CT molecular complexity index is 691. The molecule has 1 aromatic carbocycles. The lowest BCUT2D eigenvalue weighted by atomic mass is 10.3. The number of hydrogen-bond donors (Lipinski definition) is 1. The number of carbonyl (C=O) groups is 1. The van der Waals surface area contributed by atoms with Crippen LogP contribution in [0.3, 0.4) is 0 Å². The molecule has 1 aliphatic heterocycles. The van der Waals surface area contributed by atoms with Crippen molar-refractivity contribution < 1.29 is 32.2 Å². The largest absolute Gasteiger partial charge is 0.490 e. The first-order chi connectivity index (χ1) is 10.7. The van der Waals surface area contributed by atoms with Crippen LogP contribution in [0.15, 0.2) is 23.1 Å². The van der Waals surface area contributed by atoms with Crippen molar-refractivity contribution >= 4 is 16.0 Å². The van der Waals surface area contributed by atoms with Crippen LogP contribution in [0.5, 0.6) is 5.75 Å². The van der Waals surface area contributed by atoms with E-state index in [4.69, 9.17) is 9.47 Å². The number of hydrogen-bond acceptors (Lipinski definition) is 5. The lowest BCUT2D eigenvalue weighted by molar-refractivity contribution is -0.146. The molecule has 23 heavy (non-hydrogen) atoms. The summed E-state index contributed by atoms with van der Waals surface area (Å²) in [4.78, 5) is 10.9. The minimum atomic E-state index is -4.25. The van der Waals surface area contributed by atoms with Gasteiger partial charge in [0.1, 0.15) is 22.5 Å². The second-order valence-corrected chi connectivity index (χ2v) is 7.16. The van der Waals surface area contributed by atoms with Gasteiger partial charge in [-0.2, -0.15) is 4.31 Å². The van der Waals surface area contributed by atoms with E-state index < -0.39 is 27.9 Å². The third kappa shape index (κ3) is 3.80. The standard InChI is InChI=1S/C14H18FNO6S/c1-9(2)22-12-4-3-10(15)7-13(12)23(19,20)16-5-6-21-8-11(16)14(17)18/h3-4,7,9,11H,5-6,8H2,1-2H3,(H,17,18). The quantitative estimate of drug-likeness (QED) is 0.857. The summed E-state index contributed by atoms with van der Waals surface area (Å²) >= 11 is 0. The third-order valence-electron chi connectivity index (χ3n) is 3.22. The summed E-state index contributed by atoms with van der Waals surface area (Å²) in [6, 6.07) is 1.79. The molecule has 0 aromatic heterocycles. The summed E-state index contributed by atoms with van der Waals surface area (Å²) in [6.07, 6.45) is -0.325. The molecule has 9 heteroatoms. The highest BCUT2D eigenvalue weighted by molar-refractivity contribution is 7.89. The summed E-state index contributed by atoms with van der Waals surface area (Å²) in [5.41, 5.74) is 0. The van der Waals surface area contributed by atoms with Gasteiger partial charge in [-0.05, 0) is 32.0 Å². The number of benzene rings is 1. The van der Waals surface area contributed by atoms with Crippen molar-refractivity contribution in [3.05, 3.63) is 24.0 Å². The van der Waals surface area contributed by atoms with Crippen molar-refractivity contribution in [2.24, 2.45) is 0 Å². The molecular weight excluding hydrogens is 329 g/mol. The summed E-state index contributed by atoms with van der Waals surface area (Å²) in [7, 11) is -4.25. The topological polar surface area (TPSA) is 93.1 Å². The Morgan fingerprint density at radius 3 is 2.78 bits per heavy atom. The number of ether oxygens (including phenoxy) is 2. The molecule has 0 aliphatic carbocycles. The zero-order valence-corrected chi connectivity index (χ0v) is 13.5. The maximum absolute atomic E-state index is 13.6. The van der Waals surface area contributed by atoms with Crippen LogP contribution in [0, 0.1) is 5.82 Å². The van der Waals surface area contributed by atoms with Crippen LogP contribution in [0.25, 0.3) is 0 Å². The molecule has 7 nitrogen and oxygen atoms in total. The van der Waals surface area contributed by atoms with Gasteiger partial charge in [-0.3, -0.25) is 4.79 Å². The molecule has 0 saturated carbocycles. The molecule has 0 radical (unpaired) electrons. The van der Waals surface area contributed by atoms with Crippen molar-refractivity contribution in [3.8, 4) is 5.75 Å². The van der Waals surface area contributed by atoms with Crippen LogP contribution in [0.2, 0.25) is 0 Å². The van der Waals surface area contributed by atoms with Gasteiger partial charge in [0.15, 0.2) is 0 Å². The molecule has 0 bridgehead atoms. The average molecular weight is 347 g/mol. The number of sulfonamides is 1. The van der Waals surface area contributed by atoms with Gasteiger partial charge in [0.25, 0.3) is 0 Å². The zero-order chi connectivity index (χ0) is 17.2. The predicted octanol–water partition coefficient (Wildman–Crippen LogP) is 1.09. The van der Waals surface area contributed by atoms with E-state index in [0.717, 1.165) is 16.4 Å². The molecule has 1 N–H and O–H groups in total. The van der Waals surface area contributed by atoms with E-state index in [9.17, 15) is 22.7 Å². The number of morpholine rings is 1. The normalized spacial score (nSPS) is 19.7. The fraction of sp³-hybridized carbons (Fsp3) is 0.500. The molecule has 0 spiro atoms. The third-order valence-corrected chi connectivity index (χ3v) is 5.15. The summed E-state index contributed by atoms with van der Waals surface area (Å²) in [5.74, 6) is -2.09. The Balaban J connectivity index is 2.49. The van der Waals surface area contributed by atoms with Crippen molar-refractivity contribution in [2.45, 2.75) is 30.9 Å². The highest BCUT2D eigenvalue weighted by atomic mass is 32.2. The first kappa shape index (κ1) is 17.6. The van der Waals surface area contributed by atoms with Crippen molar-refractivity contribution in [1.29, 1.82) is 0 Å². The number of rotatable bonds is 5. The smallest absolute Gasteiger partial charge is 0.324 e. The van der Waals surface area contributed by atoms with Gasteiger partial charge in [0.05, 0.1) is 19.3 Å². The summed E-state index contributed by atoms with van der Waals surface area (Å²) < 4.78 is 50.5. The average Bonchev–Trinajstić information content (AvgIpc) is 2.48. The maximum Gasteiger partial charge on any atom is 0.324 e. The number of carboxylic acids is 1. The first-order valence-electron chi connectivity index (χ1n) is 7.02. The van der Waals surface area contributed by atoms with Crippen LogP contribution in [0.1, 0.15) is 13.8 Å². The van der Waals surface area contributed by atoms with E-state index in [1.807, 2.05) is 0 Å². The van der Waals surface area contributed by atoms with E-state index in [-0.39, 0.29) is 36.5 Å². The van der Waals surface area contributed by atoms with Crippen LogP contribution >= 0.6 is 0 Å². The maximum atomic E-state index is 13.6. The van der Waals surface area contributed by atoms with Gasteiger partial charge in [-0.25, -0.2) is 12.8 Å². The Morgan fingerprint density at radius 1 is 1.48 bits per heavy atom. The van der Waals surface area contributed by atoms with Gasteiger partial charge < -0.3 is 14.6 Å². The lowest BCUT2D eigenvalue weighted by Gasteiger charge is -2.32. The molecule has 2 rings (SSSR count). The highest BCUT2D eigenvalue weighted by Crippen LogP contribution is 2.30. The summed E-state index contributed by atoms with van der Waals surface area (Å²) in [6.45, 7) is 3.09. The Labute approximate surface area is 133 Å². The number of aliphatic carboxylic acids is 1. The van der Waals surface area contributed by atoms with Gasteiger partial charge >= 0.3 is 5.97 Å². The lowest BCUT2D eigenvalue weighted by Crippen LogP contribution is -2.52. The van der Waals surface area contributed by atoms with Crippen LogP contribution in [0.4, 0.5) is 4.39 Å².